The zero-order chi connectivity index (χ0) is 20.2. The molecule has 4 aromatic rings. The van der Waals surface area contributed by atoms with E-state index in [0.29, 0.717) is 5.69 Å². The van der Waals surface area contributed by atoms with Crippen molar-refractivity contribution in [1.82, 2.24) is 10.3 Å². The Morgan fingerprint density at radius 2 is 1.86 bits per heavy atom. The van der Waals surface area contributed by atoms with E-state index in [1.165, 1.54) is 0 Å². The van der Waals surface area contributed by atoms with Crippen LogP contribution in [0.5, 0.6) is 0 Å². The van der Waals surface area contributed by atoms with Crippen LogP contribution in [0.1, 0.15) is 5.56 Å². The Morgan fingerprint density at radius 3 is 2.72 bits per heavy atom. The molecule has 0 bridgehead atoms. The fraction of sp³-hybridized carbons (Fsp3) is 0.136. The Hall–Kier alpha value is -2.90. The highest BCUT2D eigenvalue weighted by Crippen LogP contribution is 2.29. The van der Waals surface area contributed by atoms with Crippen LogP contribution in [-0.4, -0.2) is 29.6 Å². The summed E-state index contributed by atoms with van der Waals surface area (Å²) in [6.07, 6.45) is 2.22. The molecule has 29 heavy (non-hydrogen) atoms. The van der Waals surface area contributed by atoms with E-state index >= 15 is 0 Å². The minimum absolute atomic E-state index is 0.0691. The van der Waals surface area contributed by atoms with E-state index in [2.05, 4.69) is 15.6 Å². The molecule has 0 atom stereocenters. The molecule has 0 aliphatic carbocycles. The van der Waals surface area contributed by atoms with E-state index in [9.17, 15) is 9.59 Å². The van der Waals surface area contributed by atoms with Crippen LogP contribution in [0.3, 0.4) is 0 Å². The maximum absolute atomic E-state index is 12.3. The summed E-state index contributed by atoms with van der Waals surface area (Å²) >= 11 is 3.19. The molecule has 0 aliphatic rings. The van der Waals surface area contributed by atoms with Crippen LogP contribution >= 0.6 is 23.1 Å². The smallest absolute Gasteiger partial charge is 0.243 e. The molecule has 7 heteroatoms. The summed E-state index contributed by atoms with van der Waals surface area (Å²) in [4.78, 5) is 29.0. The standard InChI is InChI=1S/C22H19N3O2S2/c1-28-22-25-18-10-9-16(12-19(18)29-22)24-21(27)13-23-20(26)11-15-7-4-6-14-5-2-3-8-17(14)15/h2-10,12H,11,13H2,1H3,(H,23,26)(H,24,27). The molecule has 2 N–H and O–H groups in total. The van der Waals surface area contributed by atoms with E-state index < -0.39 is 0 Å². The molecule has 0 radical (unpaired) electrons. The van der Waals surface area contributed by atoms with Crippen LogP contribution in [0.2, 0.25) is 0 Å². The highest BCUT2D eigenvalue weighted by molar-refractivity contribution is 8.00. The van der Waals surface area contributed by atoms with Gasteiger partial charge in [0.1, 0.15) is 0 Å². The van der Waals surface area contributed by atoms with Crippen LogP contribution in [0.4, 0.5) is 5.69 Å². The Morgan fingerprint density at radius 1 is 1.03 bits per heavy atom. The van der Waals surface area contributed by atoms with Gasteiger partial charge in [0.05, 0.1) is 23.2 Å². The summed E-state index contributed by atoms with van der Waals surface area (Å²) in [6, 6.07) is 19.5. The lowest BCUT2D eigenvalue weighted by atomic mass is 10.0. The fourth-order valence-corrected chi connectivity index (χ4v) is 4.66. The first kappa shape index (κ1) is 19.4. The highest BCUT2D eigenvalue weighted by atomic mass is 32.2. The van der Waals surface area contributed by atoms with Gasteiger partial charge in [0.2, 0.25) is 11.8 Å². The number of aromatic nitrogens is 1. The number of nitrogens with zero attached hydrogens (tertiary/aromatic N) is 1. The average Bonchev–Trinajstić information content (AvgIpc) is 3.15. The van der Waals surface area contributed by atoms with Crippen molar-refractivity contribution >= 4 is 61.6 Å². The van der Waals surface area contributed by atoms with Gasteiger partial charge in [0.25, 0.3) is 0 Å². The molecular weight excluding hydrogens is 402 g/mol. The van der Waals surface area contributed by atoms with E-state index in [4.69, 9.17) is 0 Å². The average molecular weight is 422 g/mol. The first-order valence-corrected chi connectivity index (χ1v) is 11.1. The van der Waals surface area contributed by atoms with Crippen LogP contribution in [0.25, 0.3) is 21.0 Å². The molecule has 0 unspecified atom stereocenters. The second-order valence-electron chi connectivity index (χ2n) is 6.51. The summed E-state index contributed by atoms with van der Waals surface area (Å²) in [6.45, 7) is -0.0691. The minimum Gasteiger partial charge on any atom is -0.347 e. The van der Waals surface area contributed by atoms with Crippen LogP contribution in [-0.2, 0) is 16.0 Å². The van der Waals surface area contributed by atoms with Crippen molar-refractivity contribution in [2.24, 2.45) is 0 Å². The molecule has 2 amide bonds. The second kappa shape index (κ2) is 8.63. The normalized spacial score (nSPS) is 10.9. The molecule has 146 valence electrons. The summed E-state index contributed by atoms with van der Waals surface area (Å²) in [5, 5.41) is 7.68. The van der Waals surface area contributed by atoms with Gasteiger partial charge >= 0.3 is 0 Å². The topological polar surface area (TPSA) is 71.1 Å². The highest BCUT2D eigenvalue weighted by Gasteiger charge is 2.10. The predicted molar refractivity (Wildman–Crippen MR) is 121 cm³/mol. The Bertz CT molecular complexity index is 1200. The Labute approximate surface area is 176 Å². The van der Waals surface area contributed by atoms with Crippen molar-refractivity contribution in [3.8, 4) is 0 Å². The Balaban J connectivity index is 1.35. The number of amides is 2. The number of carbonyl (C=O) groups is 2. The van der Waals surface area contributed by atoms with E-state index in [1.54, 1.807) is 23.1 Å². The van der Waals surface area contributed by atoms with Gasteiger partial charge in [0, 0.05) is 5.69 Å². The van der Waals surface area contributed by atoms with Crippen LogP contribution < -0.4 is 10.6 Å². The molecule has 1 aromatic heterocycles. The van der Waals surface area contributed by atoms with Gasteiger partial charge in [-0.2, -0.15) is 0 Å². The maximum atomic E-state index is 12.3. The van der Waals surface area contributed by atoms with Gasteiger partial charge in [-0.25, -0.2) is 4.98 Å². The summed E-state index contributed by atoms with van der Waals surface area (Å²) in [5.41, 5.74) is 2.56. The van der Waals surface area contributed by atoms with Crippen molar-refractivity contribution in [3.05, 3.63) is 66.2 Å². The molecule has 4 rings (SSSR count). The molecule has 3 aromatic carbocycles. The lowest BCUT2D eigenvalue weighted by molar-refractivity contribution is -0.123. The molecule has 0 spiro atoms. The summed E-state index contributed by atoms with van der Waals surface area (Å²) in [7, 11) is 0. The SMILES string of the molecule is CSc1nc2ccc(NC(=O)CNC(=O)Cc3cccc4ccccc34)cc2s1. The zero-order valence-electron chi connectivity index (χ0n) is 15.8. The van der Waals surface area contributed by atoms with E-state index in [1.807, 2.05) is 66.9 Å². The lowest BCUT2D eigenvalue weighted by Gasteiger charge is -2.09. The van der Waals surface area contributed by atoms with Crippen LogP contribution in [0.15, 0.2) is 65.0 Å². The molecule has 0 saturated carbocycles. The van der Waals surface area contributed by atoms with Gasteiger partial charge in [-0.1, -0.05) is 54.2 Å². The number of benzene rings is 3. The summed E-state index contributed by atoms with van der Waals surface area (Å²) in [5.74, 6) is -0.441. The fourth-order valence-electron chi connectivity index (χ4n) is 3.13. The van der Waals surface area contributed by atoms with Gasteiger partial charge in [0.15, 0.2) is 4.34 Å². The third-order valence-corrected chi connectivity index (χ3v) is 6.51. The number of hydrogen-bond acceptors (Lipinski definition) is 5. The molecule has 0 fully saturated rings. The largest absolute Gasteiger partial charge is 0.347 e. The lowest BCUT2D eigenvalue weighted by Crippen LogP contribution is -2.33. The maximum Gasteiger partial charge on any atom is 0.243 e. The van der Waals surface area contributed by atoms with Gasteiger partial charge in [-0.3, -0.25) is 9.59 Å². The van der Waals surface area contributed by atoms with Crippen LogP contribution in [0, 0.1) is 0 Å². The number of thiazole rings is 1. The molecule has 1 heterocycles. The molecule has 0 aliphatic heterocycles. The number of fused-ring (bicyclic) bond motifs is 2. The molecular formula is C22H19N3O2S2. The molecule has 0 saturated heterocycles. The van der Waals surface area contributed by atoms with Crippen molar-refractivity contribution in [1.29, 1.82) is 0 Å². The van der Waals surface area contributed by atoms with Crippen molar-refractivity contribution in [3.63, 3.8) is 0 Å². The minimum atomic E-state index is -0.259. The second-order valence-corrected chi connectivity index (χ2v) is 8.59. The predicted octanol–water partition coefficient (Wildman–Crippen LogP) is 4.47. The van der Waals surface area contributed by atoms with Crippen molar-refractivity contribution in [2.75, 3.05) is 18.1 Å². The quantitative estimate of drug-likeness (QED) is 0.451. The van der Waals surface area contributed by atoms with E-state index in [-0.39, 0.29) is 24.8 Å². The summed E-state index contributed by atoms with van der Waals surface area (Å²) < 4.78 is 2.01. The Kier molecular flexibility index (Phi) is 5.78. The number of thioether (sulfide) groups is 1. The van der Waals surface area contributed by atoms with Crippen molar-refractivity contribution < 1.29 is 9.59 Å². The first-order chi connectivity index (χ1) is 14.1. The number of hydrogen-bond donors (Lipinski definition) is 2. The zero-order valence-corrected chi connectivity index (χ0v) is 17.4. The van der Waals surface area contributed by atoms with E-state index in [0.717, 1.165) is 30.9 Å². The van der Waals surface area contributed by atoms with Crippen molar-refractivity contribution in [2.45, 2.75) is 10.8 Å². The van der Waals surface area contributed by atoms with Gasteiger partial charge in [-0.05, 0) is 40.8 Å². The number of anilines is 1. The first-order valence-electron chi connectivity index (χ1n) is 9.10. The molecule has 5 nitrogen and oxygen atoms in total. The third kappa shape index (κ3) is 4.58. The third-order valence-electron chi connectivity index (χ3n) is 4.50. The van der Waals surface area contributed by atoms with Gasteiger partial charge in [-0.15, -0.1) is 11.3 Å². The number of carbonyl (C=O) groups excluding carboxylic acids is 2. The monoisotopic (exact) mass is 421 g/mol. The number of rotatable bonds is 6. The number of nitrogens with one attached hydrogen (secondary N) is 2. The van der Waals surface area contributed by atoms with Gasteiger partial charge < -0.3 is 10.6 Å².